The highest BCUT2D eigenvalue weighted by Gasteiger charge is 2.72. The molecule has 1 aliphatic heterocycles. The smallest absolute Gasteiger partial charge is 0.343 e. The van der Waals surface area contributed by atoms with E-state index in [-0.39, 0.29) is 28.7 Å². The maximum Gasteiger partial charge on any atom is 0.343 e. The third-order valence-corrected chi connectivity index (χ3v) is 13.0. The summed E-state index contributed by atoms with van der Waals surface area (Å²) in [5, 5.41) is 0. The maximum absolute atomic E-state index is 14.3. The van der Waals surface area contributed by atoms with E-state index >= 15 is 0 Å². The van der Waals surface area contributed by atoms with Crippen molar-refractivity contribution in [2.75, 3.05) is 11.5 Å². The minimum absolute atomic E-state index is 0.145. The van der Waals surface area contributed by atoms with Crippen molar-refractivity contribution in [1.29, 1.82) is 0 Å². The Morgan fingerprint density at radius 2 is 1.02 bits per heavy atom. The molecule has 252 valence electrons. The van der Waals surface area contributed by atoms with Crippen LogP contribution in [0.5, 0.6) is 5.75 Å². The van der Waals surface area contributed by atoms with E-state index in [0.29, 0.717) is 11.3 Å². The molecule has 8 nitrogen and oxygen atoms in total. The summed E-state index contributed by atoms with van der Waals surface area (Å²) >= 11 is 11.3. The Balaban J connectivity index is 0.955. The molecule has 9 rings (SSSR count). The van der Waals surface area contributed by atoms with Crippen LogP contribution in [0, 0.1) is 11.8 Å². The third-order valence-electron chi connectivity index (χ3n) is 9.75. The van der Waals surface area contributed by atoms with Crippen LogP contribution < -0.4 is 9.64 Å². The van der Waals surface area contributed by atoms with Crippen LogP contribution in [-0.4, -0.2) is 36.1 Å². The van der Waals surface area contributed by atoms with Gasteiger partial charge in [-0.05, 0) is 95.1 Å². The van der Waals surface area contributed by atoms with Gasteiger partial charge in [-0.1, -0.05) is 96.3 Å². The first-order valence-corrected chi connectivity index (χ1v) is 18.2. The van der Waals surface area contributed by atoms with Crippen LogP contribution in [0.1, 0.15) is 53.3 Å². The number of esters is 2. The van der Waals surface area contributed by atoms with Crippen LogP contribution in [0.4, 0.5) is 5.69 Å². The zero-order chi connectivity index (χ0) is 35.7. The fourth-order valence-electron chi connectivity index (χ4n) is 7.43. The SMILES string of the molecule is O=C(COC(=O)c1ccc(N2C(=O)C3C(C2=O)C2(Br)c4ccccc4C3(Br)c3ccccc32)cc1)c1ccc(OC(=O)c2ccc(Br)cc2)cc1. The van der Waals surface area contributed by atoms with Gasteiger partial charge in [-0.25, -0.2) is 14.5 Å². The van der Waals surface area contributed by atoms with E-state index in [1.165, 1.54) is 53.4 Å². The Morgan fingerprint density at radius 1 is 0.588 bits per heavy atom. The number of carbonyl (C=O) groups is 5. The summed E-state index contributed by atoms with van der Waals surface area (Å²) in [7, 11) is 0. The van der Waals surface area contributed by atoms with E-state index in [1.54, 1.807) is 24.3 Å². The Bertz CT molecular complexity index is 2170. The Hall–Kier alpha value is -4.71. The zero-order valence-corrected chi connectivity index (χ0v) is 31.1. The molecule has 2 atom stereocenters. The number of benzene rings is 5. The number of ketones is 1. The third kappa shape index (κ3) is 5.16. The second-order valence-electron chi connectivity index (χ2n) is 12.4. The first kappa shape index (κ1) is 33.4. The van der Waals surface area contributed by atoms with Gasteiger partial charge in [-0.3, -0.25) is 14.4 Å². The Kier molecular flexibility index (Phi) is 8.20. The number of halogens is 3. The molecule has 5 aromatic carbocycles. The fraction of sp³-hybridized carbons (Fsp3) is 0.125. The molecule has 5 aromatic rings. The summed E-state index contributed by atoms with van der Waals surface area (Å²) in [6, 6.07) is 34.4. The lowest BCUT2D eigenvalue weighted by molar-refractivity contribution is -0.122. The number of Topliss-reactive ketones (excluding diaryl/α,β-unsaturated/α-hetero) is 1. The first-order valence-electron chi connectivity index (χ1n) is 15.9. The number of anilines is 1. The molecule has 0 aromatic heterocycles. The largest absolute Gasteiger partial charge is 0.454 e. The highest BCUT2D eigenvalue weighted by Crippen LogP contribution is 2.70. The summed E-state index contributed by atoms with van der Waals surface area (Å²) in [5.74, 6) is -3.62. The summed E-state index contributed by atoms with van der Waals surface area (Å²) in [5.41, 5.74) is 4.86. The molecule has 1 saturated heterocycles. The zero-order valence-electron chi connectivity index (χ0n) is 26.3. The molecule has 2 unspecified atom stereocenters. The number of rotatable bonds is 7. The number of nitrogens with zero attached hydrogens (tertiary/aromatic N) is 1. The van der Waals surface area contributed by atoms with Crippen molar-refractivity contribution in [3.8, 4) is 5.75 Å². The molecular formula is C40H24Br3NO7. The number of alkyl halides is 2. The standard InChI is InChI=1S/C40H24Br3NO7/c41-25-15-9-24(10-16-25)38(49)51-27-19-13-22(14-20-27)32(45)21-50-37(48)23-11-17-26(18-12-23)44-35(46)33-34(36(44)47)40(43)29-6-2-1-5-28(29)39(33,42)30-7-3-4-8-31(30)40/h1-20,33-34H,21H2. The van der Waals surface area contributed by atoms with Crippen molar-refractivity contribution in [2.45, 2.75) is 8.65 Å². The lowest BCUT2D eigenvalue weighted by Crippen LogP contribution is -2.56. The monoisotopic (exact) mass is 867 g/mol. The van der Waals surface area contributed by atoms with Gasteiger partial charge in [-0.15, -0.1) is 0 Å². The molecule has 4 aliphatic rings. The second-order valence-corrected chi connectivity index (χ2v) is 15.9. The molecule has 2 bridgehead atoms. The molecule has 0 saturated carbocycles. The van der Waals surface area contributed by atoms with Crippen molar-refractivity contribution >= 4 is 83.0 Å². The molecule has 3 aliphatic carbocycles. The Morgan fingerprint density at radius 3 is 1.51 bits per heavy atom. The molecule has 2 amide bonds. The highest BCUT2D eigenvalue weighted by molar-refractivity contribution is 9.10. The van der Waals surface area contributed by atoms with Crippen LogP contribution in [0.2, 0.25) is 0 Å². The predicted octanol–water partition coefficient (Wildman–Crippen LogP) is 8.12. The van der Waals surface area contributed by atoms with Gasteiger partial charge in [0.05, 0.1) is 37.3 Å². The summed E-state index contributed by atoms with van der Waals surface area (Å²) in [6.45, 7) is -0.521. The summed E-state index contributed by atoms with van der Waals surface area (Å²) in [6.07, 6.45) is 0. The van der Waals surface area contributed by atoms with Gasteiger partial charge >= 0.3 is 11.9 Å². The normalized spacial score (nSPS) is 22.5. The Labute approximate surface area is 317 Å². The number of imide groups is 1. The van der Waals surface area contributed by atoms with Gasteiger partial charge in [0.25, 0.3) is 0 Å². The van der Waals surface area contributed by atoms with E-state index in [0.717, 1.165) is 26.7 Å². The van der Waals surface area contributed by atoms with Crippen molar-refractivity contribution < 1.29 is 33.4 Å². The number of hydrogen-bond donors (Lipinski definition) is 0. The molecular weight excluding hydrogens is 846 g/mol. The lowest BCUT2D eigenvalue weighted by atomic mass is 9.54. The van der Waals surface area contributed by atoms with Crippen LogP contribution >= 0.6 is 47.8 Å². The fourth-order valence-corrected chi connectivity index (χ4v) is 9.99. The number of hydrogen-bond acceptors (Lipinski definition) is 7. The average Bonchev–Trinajstić information content (AvgIpc) is 3.43. The highest BCUT2D eigenvalue weighted by atomic mass is 79.9. The van der Waals surface area contributed by atoms with Crippen LogP contribution in [0.15, 0.2) is 126 Å². The van der Waals surface area contributed by atoms with Gasteiger partial charge in [0.2, 0.25) is 11.8 Å². The maximum atomic E-state index is 14.3. The van der Waals surface area contributed by atoms with E-state index < -0.39 is 44.8 Å². The number of amides is 2. The molecule has 1 fully saturated rings. The minimum atomic E-state index is -0.914. The van der Waals surface area contributed by atoms with Gasteiger partial charge in [0.1, 0.15) is 5.75 Å². The van der Waals surface area contributed by atoms with E-state index in [1.807, 2.05) is 48.5 Å². The van der Waals surface area contributed by atoms with Gasteiger partial charge in [0, 0.05) is 10.0 Å². The molecule has 11 heteroatoms. The molecule has 0 N–H and O–H groups in total. The molecule has 51 heavy (non-hydrogen) atoms. The first-order chi connectivity index (χ1) is 24.5. The van der Waals surface area contributed by atoms with Crippen LogP contribution in [0.25, 0.3) is 0 Å². The summed E-state index contributed by atoms with van der Waals surface area (Å²) in [4.78, 5) is 67.9. The topological polar surface area (TPSA) is 107 Å². The molecule has 1 heterocycles. The van der Waals surface area contributed by atoms with Gasteiger partial charge in [-0.2, -0.15) is 0 Å². The van der Waals surface area contributed by atoms with Crippen molar-refractivity contribution in [3.05, 3.63) is 165 Å². The number of carbonyl (C=O) groups excluding carboxylic acids is 5. The van der Waals surface area contributed by atoms with Crippen molar-refractivity contribution in [1.82, 2.24) is 0 Å². The lowest BCUT2D eigenvalue weighted by Gasteiger charge is -2.55. The van der Waals surface area contributed by atoms with Crippen LogP contribution in [-0.2, 0) is 23.0 Å². The van der Waals surface area contributed by atoms with E-state index in [4.69, 9.17) is 9.47 Å². The molecule has 0 spiro atoms. The quantitative estimate of drug-likeness (QED) is 0.0535. The summed E-state index contributed by atoms with van der Waals surface area (Å²) < 4.78 is 9.66. The van der Waals surface area contributed by atoms with Crippen LogP contribution in [0.3, 0.4) is 0 Å². The number of ether oxygens (including phenoxy) is 2. The van der Waals surface area contributed by atoms with Gasteiger partial charge in [0.15, 0.2) is 12.4 Å². The average molecular weight is 870 g/mol. The molecule has 0 radical (unpaired) electrons. The van der Waals surface area contributed by atoms with E-state index in [9.17, 15) is 24.0 Å². The predicted molar refractivity (Wildman–Crippen MR) is 198 cm³/mol. The van der Waals surface area contributed by atoms with Gasteiger partial charge < -0.3 is 9.47 Å². The van der Waals surface area contributed by atoms with Crippen molar-refractivity contribution in [2.24, 2.45) is 11.8 Å². The van der Waals surface area contributed by atoms with E-state index in [2.05, 4.69) is 47.8 Å². The minimum Gasteiger partial charge on any atom is -0.454 e. The second kappa shape index (κ2) is 12.5. The van der Waals surface area contributed by atoms with Crippen molar-refractivity contribution in [3.63, 3.8) is 0 Å².